The van der Waals surface area contributed by atoms with E-state index in [1.165, 1.54) is 5.56 Å². The van der Waals surface area contributed by atoms with Crippen molar-refractivity contribution in [2.75, 3.05) is 18.0 Å². The molecule has 0 radical (unpaired) electrons. The molecule has 2 rings (SSSR count). The van der Waals surface area contributed by atoms with Crippen molar-refractivity contribution in [3.8, 4) is 6.07 Å². The van der Waals surface area contributed by atoms with Gasteiger partial charge < -0.3 is 10.6 Å². The van der Waals surface area contributed by atoms with E-state index in [0.29, 0.717) is 23.7 Å². The molecule has 0 unspecified atom stereocenters. The maximum absolute atomic E-state index is 8.89. The molecular formula is C16H16ClN3. The van der Waals surface area contributed by atoms with Crippen molar-refractivity contribution in [1.82, 2.24) is 0 Å². The van der Waals surface area contributed by atoms with Gasteiger partial charge in [-0.05, 0) is 23.8 Å². The molecule has 0 aliphatic carbocycles. The van der Waals surface area contributed by atoms with E-state index in [4.69, 9.17) is 22.6 Å². The first-order valence-corrected chi connectivity index (χ1v) is 6.81. The lowest BCUT2D eigenvalue weighted by molar-refractivity contribution is 0.790. The monoisotopic (exact) mass is 285 g/mol. The number of benzene rings is 2. The molecular weight excluding hydrogens is 270 g/mol. The summed E-state index contributed by atoms with van der Waals surface area (Å²) in [6.45, 7) is 1.99. The van der Waals surface area contributed by atoms with Gasteiger partial charge in [0.15, 0.2) is 0 Å². The lowest BCUT2D eigenvalue weighted by atomic mass is 10.1. The molecule has 0 heterocycles. The highest BCUT2D eigenvalue weighted by Gasteiger charge is 2.11. The Morgan fingerprint density at radius 2 is 1.90 bits per heavy atom. The van der Waals surface area contributed by atoms with Crippen LogP contribution in [-0.4, -0.2) is 13.1 Å². The maximum atomic E-state index is 8.89. The second-order valence-electron chi connectivity index (χ2n) is 4.47. The van der Waals surface area contributed by atoms with Crippen LogP contribution in [0.5, 0.6) is 0 Å². The first-order valence-electron chi connectivity index (χ1n) is 6.43. The van der Waals surface area contributed by atoms with Crippen LogP contribution < -0.4 is 10.6 Å². The van der Waals surface area contributed by atoms with Gasteiger partial charge in [0.05, 0.1) is 22.3 Å². The van der Waals surface area contributed by atoms with E-state index in [2.05, 4.69) is 23.1 Å². The number of halogens is 1. The highest BCUT2D eigenvalue weighted by atomic mass is 35.5. The summed E-state index contributed by atoms with van der Waals surface area (Å²) >= 11 is 6.27. The van der Waals surface area contributed by atoms with Crippen LogP contribution in [0.25, 0.3) is 0 Å². The minimum Gasteiger partial charge on any atom is -0.365 e. The summed E-state index contributed by atoms with van der Waals surface area (Å²) in [5.41, 5.74) is 8.35. The second kappa shape index (κ2) is 6.95. The Morgan fingerprint density at radius 1 is 1.15 bits per heavy atom. The SMILES string of the molecule is N#Cc1ccc(N(CCN)Cc2ccccc2)c(Cl)c1. The molecule has 0 amide bonds. The molecule has 0 saturated carbocycles. The van der Waals surface area contributed by atoms with Crippen LogP contribution in [0.4, 0.5) is 5.69 Å². The van der Waals surface area contributed by atoms with Gasteiger partial charge in [-0.25, -0.2) is 0 Å². The van der Waals surface area contributed by atoms with Gasteiger partial charge in [0.1, 0.15) is 0 Å². The first kappa shape index (κ1) is 14.4. The number of hydrogen-bond acceptors (Lipinski definition) is 3. The third-order valence-corrected chi connectivity index (χ3v) is 3.34. The van der Waals surface area contributed by atoms with Crippen LogP contribution in [0.2, 0.25) is 5.02 Å². The van der Waals surface area contributed by atoms with Crippen LogP contribution in [0.3, 0.4) is 0 Å². The summed E-state index contributed by atoms with van der Waals surface area (Å²) < 4.78 is 0. The van der Waals surface area contributed by atoms with Crippen molar-refractivity contribution in [2.24, 2.45) is 5.73 Å². The minimum absolute atomic E-state index is 0.545. The van der Waals surface area contributed by atoms with Gasteiger partial charge in [0, 0.05) is 19.6 Å². The third kappa shape index (κ3) is 3.51. The van der Waals surface area contributed by atoms with Gasteiger partial charge in [-0.1, -0.05) is 41.9 Å². The molecule has 102 valence electrons. The van der Waals surface area contributed by atoms with Gasteiger partial charge in [-0.2, -0.15) is 5.26 Å². The van der Waals surface area contributed by atoms with Crippen molar-refractivity contribution >= 4 is 17.3 Å². The van der Waals surface area contributed by atoms with E-state index in [-0.39, 0.29) is 0 Å². The molecule has 0 atom stereocenters. The van der Waals surface area contributed by atoms with Crippen LogP contribution in [0.1, 0.15) is 11.1 Å². The third-order valence-electron chi connectivity index (χ3n) is 3.03. The fourth-order valence-electron chi connectivity index (χ4n) is 2.08. The Labute approximate surface area is 124 Å². The smallest absolute Gasteiger partial charge is 0.0992 e. The number of nitriles is 1. The Morgan fingerprint density at radius 3 is 2.50 bits per heavy atom. The molecule has 0 bridgehead atoms. The van der Waals surface area contributed by atoms with Crippen LogP contribution in [0, 0.1) is 11.3 Å². The van der Waals surface area contributed by atoms with E-state index < -0.39 is 0 Å². The van der Waals surface area contributed by atoms with Crippen molar-refractivity contribution in [1.29, 1.82) is 5.26 Å². The van der Waals surface area contributed by atoms with E-state index in [9.17, 15) is 0 Å². The Hall–Kier alpha value is -2.02. The molecule has 2 aromatic rings. The van der Waals surface area contributed by atoms with Gasteiger partial charge >= 0.3 is 0 Å². The fraction of sp³-hybridized carbons (Fsp3) is 0.188. The highest BCUT2D eigenvalue weighted by molar-refractivity contribution is 6.33. The van der Waals surface area contributed by atoms with E-state index >= 15 is 0 Å². The second-order valence-corrected chi connectivity index (χ2v) is 4.88. The zero-order valence-electron chi connectivity index (χ0n) is 11.1. The van der Waals surface area contributed by atoms with Crippen LogP contribution in [-0.2, 0) is 6.54 Å². The lowest BCUT2D eigenvalue weighted by Crippen LogP contribution is -2.29. The molecule has 0 saturated heterocycles. The average molecular weight is 286 g/mol. The number of nitrogens with zero attached hydrogens (tertiary/aromatic N) is 2. The van der Waals surface area contributed by atoms with Gasteiger partial charge in [-0.15, -0.1) is 0 Å². The standard InChI is InChI=1S/C16H16ClN3/c17-15-10-14(11-19)6-7-16(15)20(9-8-18)12-13-4-2-1-3-5-13/h1-7,10H,8-9,12,18H2. The Kier molecular flexibility index (Phi) is 5.00. The van der Waals surface area contributed by atoms with Crippen LogP contribution in [0.15, 0.2) is 48.5 Å². The summed E-state index contributed by atoms with van der Waals surface area (Å²) in [5, 5.41) is 9.47. The van der Waals surface area contributed by atoms with Crippen molar-refractivity contribution in [2.45, 2.75) is 6.54 Å². The number of rotatable bonds is 5. The van der Waals surface area contributed by atoms with E-state index in [1.54, 1.807) is 12.1 Å². The zero-order valence-corrected chi connectivity index (χ0v) is 11.8. The van der Waals surface area contributed by atoms with E-state index in [1.807, 2.05) is 24.3 Å². The predicted molar refractivity (Wildman–Crippen MR) is 82.7 cm³/mol. The Balaban J connectivity index is 2.27. The zero-order chi connectivity index (χ0) is 14.4. The van der Waals surface area contributed by atoms with Gasteiger partial charge in [-0.3, -0.25) is 0 Å². The predicted octanol–water partition coefficient (Wildman–Crippen LogP) is 3.18. The molecule has 20 heavy (non-hydrogen) atoms. The van der Waals surface area contributed by atoms with Crippen molar-refractivity contribution in [3.05, 3.63) is 64.7 Å². The average Bonchev–Trinajstić information content (AvgIpc) is 2.48. The molecule has 0 aliphatic heterocycles. The van der Waals surface area contributed by atoms with Crippen molar-refractivity contribution < 1.29 is 0 Å². The largest absolute Gasteiger partial charge is 0.365 e. The normalized spacial score (nSPS) is 10.1. The van der Waals surface area contributed by atoms with E-state index in [0.717, 1.165) is 12.2 Å². The summed E-state index contributed by atoms with van der Waals surface area (Å²) in [6, 6.07) is 17.6. The summed E-state index contributed by atoms with van der Waals surface area (Å²) in [7, 11) is 0. The maximum Gasteiger partial charge on any atom is 0.0992 e. The fourth-order valence-corrected chi connectivity index (χ4v) is 2.38. The Bertz CT molecular complexity index is 605. The number of anilines is 1. The number of nitrogens with two attached hydrogens (primary N) is 1. The first-order chi connectivity index (χ1) is 9.74. The molecule has 3 nitrogen and oxygen atoms in total. The molecule has 0 spiro atoms. The van der Waals surface area contributed by atoms with Gasteiger partial charge in [0.25, 0.3) is 0 Å². The molecule has 0 fully saturated rings. The summed E-state index contributed by atoms with van der Waals surface area (Å²) in [6.07, 6.45) is 0. The highest BCUT2D eigenvalue weighted by Crippen LogP contribution is 2.27. The summed E-state index contributed by atoms with van der Waals surface area (Å²) in [5.74, 6) is 0. The molecule has 0 aromatic heterocycles. The number of hydrogen-bond donors (Lipinski definition) is 1. The molecule has 2 N–H and O–H groups in total. The van der Waals surface area contributed by atoms with Gasteiger partial charge in [0.2, 0.25) is 0 Å². The quantitative estimate of drug-likeness (QED) is 0.918. The van der Waals surface area contributed by atoms with Crippen LogP contribution >= 0.6 is 11.6 Å². The molecule has 4 heteroatoms. The molecule has 2 aromatic carbocycles. The van der Waals surface area contributed by atoms with Crippen molar-refractivity contribution in [3.63, 3.8) is 0 Å². The summed E-state index contributed by atoms with van der Waals surface area (Å²) in [4.78, 5) is 2.12. The lowest BCUT2D eigenvalue weighted by Gasteiger charge is -2.25. The minimum atomic E-state index is 0.545. The topological polar surface area (TPSA) is 53.0 Å². The molecule has 0 aliphatic rings.